The van der Waals surface area contributed by atoms with Crippen LogP contribution in [0.2, 0.25) is 0 Å². The minimum Gasteiger partial charge on any atom is -0.469 e. The Balaban J connectivity index is 1.48. The van der Waals surface area contributed by atoms with Gasteiger partial charge in [0.2, 0.25) is 0 Å². The highest BCUT2D eigenvalue weighted by atomic mass is 16.5. The molecule has 4 nitrogen and oxygen atoms in total. The Morgan fingerprint density at radius 2 is 1.93 bits per heavy atom. The molecule has 0 heterocycles. The maximum absolute atomic E-state index is 12.0. The Hall–Kier alpha value is -1.42. The molecule has 4 heteroatoms. The number of hydrogen-bond donors (Lipinski definition) is 1. The monoisotopic (exact) mass is 398 g/mol. The number of carbonyl (C=O) groups excluding carboxylic acids is 2. The average molecular weight is 399 g/mol. The molecule has 0 aromatic carbocycles. The van der Waals surface area contributed by atoms with Crippen LogP contribution in [-0.2, 0) is 14.3 Å². The fourth-order valence-electron chi connectivity index (χ4n) is 8.58. The molecule has 4 fully saturated rings. The van der Waals surface area contributed by atoms with Gasteiger partial charge in [-0.3, -0.25) is 9.59 Å². The normalized spacial score (nSPS) is 49.9. The van der Waals surface area contributed by atoms with E-state index in [4.69, 9.17) is 4.74 Å². The van der Waals surface area contributed by atoms with E-state index in [2.05, 4.69) is 19.9 Å². The van der Waals surface area contributed by atoms with E-state index in [0.29, 0.717) is 42.4 Å². The van der Waals surface area contributed by atoms with Gasteiger partial charge < -0.3 is 9.84 Å². The molecule has 0 aliphatic heterocycles. The van der Waals surface area contributed by atoms with Crippen LogP contribution in [0.3, 0.4) is 0 Å². The molecule has 4 saturated carbocycles. The molecule has 0 aromatic heterocycles. The summed E-state index contributed by atoms with van der Waals surface area (Å²) in [6.07, 6.45) is 13.2. The molecule has 5 rings (SSSR count). The summed E-state index contributed by atoms with van der Waals surface area (Å²) in [5.74, 6) is 2.49. The molecule has 0 radical (unpaired) electrons. The van der Waals surface area contributed by atoms with Gasteiger partial charge in [0.1, 0.15) is 0 Å². The number of aliphatic hydroxyl groups is 1. The van der Waals surface area contributed by atoms with E-state index < -0.39 is 5.60 Å². The minimum absolute atomic E-state index is 0.00980. The molecule has 0 saturated heterocycles. The first kappa shape index (κ1) is 19.5. The van der Waals surface area contributed by atoms with Crippen molar-refractivity contribution in [1.29, 1.82) is 0 Å². The standard InChI is InChI=1S/C25H34O4/c1-23-11-8-16(26)14-15(23)4-5-17-19(23)9-12-24(2)22(17)18-6-7-20(18)25(24,28)13-10-21(27)29-3/h8,11,14,17-20,22,28H,4-7,9-10,12-13H2,1-3H3/t17-,18-,19+,20+,22-,23+,24+,25+/m1/s1. The van der Waals surface area contributed by atoms with Gasteiger partial charge in [0.15, 0.2) is 5.78 Å². The number of fused-ring (bicyclic) bond motifs is 7. The lowest BCUT2D eigenvalue weighted by Crippen LogP contribution is -2.55. The Bertz CT molecular complexity index is 812. The van der Waals surface area contributed by atoms with Gasteiger partial charge in [-0.15, -0.1) is 0 Å². The van der Waals surface area contributed by atoms with Gasteiger partial charge in [0, 0.05) is 11.8 Å². The van der Waals surface area contributed by atoms with Crippen molar-refractivity contribution in [3.05, 3.63) is 23.8 Å². The minimum atomic E-state index is -0.755. The van der Waals surface area contributed by atoms with Gasteiger partial charge in [-0.25, -0.2) is 0 Å². The summed E-state index contributed by atoms with van der Waals surface area (Å²) < 4.78 is 4.88. The highest BCUT2D eigenvalue weighted by molar-refractivity contribution is 6.01. The fourth-order valence-corrected chi connectivity index (χ4v) is 8.58. The zero-order chi connectivity index (χ0) is 20.6. The van der Waals surface area contributed by atoms with Gasteiger partial charge in [0.25, 0.3) is 0 Å². The van der Waals surface area contributed by atoms with Crippen LogP contribution in [0.4, 0.5) is 0 Å². The smallest absolute Gasteiger partial charge is 0.305 e. The molecule has 1 N–H and O–H groups in total. The van der Waals surface area contributed by atoms with E-state index in [0.717, 1.165) is 32.1 Å². The number of ether oxygens (including phenoxy) is 1. The predicted octanol–water partition coefficient (Wildman–Crippen LogP) is 4.22. The lowest BCUT2D eigenvalue weighted by molar-refractivity contribution is -0.154. The summed E-state index contributed by atoms with van der Waals surface area (Å²) in [5.41, 5.74) is 0.429. The Morgan fingerprint density at radius 1 is 1.17 bits per heavy atom. The van der Waals surface area contributed by atoms with Crippen molar-refractivity contribution in [1.82, 2.24) is 0 Å². The Morgan fingerprint density at radius 3 is 2.62 bits per heavy atom. The maximum atomic E-state index is 12.0. The van der Waals surface area contributed by atoms with Crippen molar-refractivity contribution in [2.24, 2.45) is 40.4 Å². The maximum Gasteiger partial charge on any atom is 0.305 e. The summed E-state index contributed by atoms with van der Waals surface area (Å²) in [5, 5.41) is 12.0. The molecular formula is C25H34O4. The first-order valence-corrected chi connectivity index (χ1v) is 11.5. The van der Waals surface area contributed by atoms with Crippen molar-refractivity contribution in [3.63, 3.8) is 0 Å². The van der Waals surface area contributed by atoms with Crippen LogP contribution in [0.1, 0.15) is 65.2 Å². The van der Waals surface area contributed by atoms with Crippen LogP contribution < -0.4 is 0 Å². The largest absolute Gasteiger partial charge is 0.469 e. The molecule has 158 valence electrons. The van der Waals surface area contributed by atoms with Crippen LogP contribution >= 0.6 is 0 Å². The SMILES string of the molecule is COC(=O)CC[C@]1(O)[C@H]2CC[C@H]2[C@H]2[C@@H]3CCC4=CC(=O)C=C[C@]4(C)[C@H]3CC[C@@]21C. The van der Waals surface area contributed by atoms with Crippen molar-refractivity contribution in [2.45, 2.75) is 70.8 Å². The topological polar surface area (TPSA) is 63.6 Å². The van der Waals surface area contributed by atoms with Crippen molar-refractivity contribution in [2.75, 3.05) is 7.11 Å². The van der Waals surface area contributed by atoms with Crippen molar-refractivity contribution < 1.29 is 19.4 Å². The summed E-state index contributed by atoms with van der Waals surface area (Å²) in [7, 11) is 1.43. The summed E-state index contributed by atoms with van der Waals surface area (Å²) in [6.45, 7) is 4.65. The second-order valence-corrected chi connectivity index (χ2v) is 10.8. The highest BCUT2D eigenvalue weighted by Crippen LogP contribution is 2.74. The van der Waals surface area contributed by atoms with Gasteiger partial charge in [-0.1, -0.05) is 25.5 Å². The molecule has 0 aromatic rings. The van der Waals surface area contributed by atoms with Crippen LogP contribution in [0.15, 0.2) is 23.8 Å². The molecule has 0 unspecified atom stereocenters. The molecular weight excluding hydrogens is 364 g/mol. The van der Waals surface area contributed by atoms with E-state index in [9.17, 15) is 14.7 Å². The third kappa shape index (κ3) is 2.41. The molecule has 5 aliphatic rings. The molecule has 0 bridgehead atoms. The number of hydrogen-bond acceptors (Lipinski definition) is 4. The first-order valence-electron chi connectivity index (χ1n) is 11.5. The molecule has 5 aliphatic carbocycles. The highest BCUT2D eigenvalue weighted by Gasteiger charge is 2.72. The van der Waals surface area contributed by atoms with Crippen LogP contribution in [0.5, 0.6) is 0 Å². The van der Waals surface area contributed by atoms with Crippen LogP contribution in [-0.4, -0.2) is 29.6 Å². The van der Waals surface area contributed by atoms with Crippen LogP contribution in [0.25, 0.3) is 0 Å². The van der Waals surface area contributed by atoms with E-state index in [1.165, 1.54) is 19.1 Å². The number of rotatable bonds is 3. The van der Waals surface area contributed by atoms with Gasteiger partial charge in [0.05, 0.1) is 12.7 Å². The number of esters is 1. The second kappa shape index (κ2) is 6.29. The summed E-state index contributed by atoms with van der Waals surface area (Å²) in [6, 6.07) is 0. The molecule has 0 amide bonds. The Labute approximate surface area is 173 Å². The number of methoxy groups -OCH3 is 1. The van der Waals surface area contributed by atoms with E-state index in [1.807, 2.05) is 6.08 Å². The van der Waals surface area contributed by atoms with E-state index in [-0.39, 0.29) is 22.6 Å². The summed E-state index contributed by atoms with van der Waals surface area (Å²) >= 11 is 0. The first-order chi connectivity index (χ1) is 13.7. The fraction of sp³-hybridized carbons (Fsp3) is 0.760. The summed E-state index contributed by atoms with van der Waals surface area (Å²) in [4.78, 5) is 23.8. The number of allylic oxidation sites excluding steroid dienone is 4. The Kier molecular flexibility index (Phi) is 4.24. The van der Waals surface area contributed by atoms with Gasteiger partial charge in [-0.2, -0.15) is 0 Å². The predicted molar refractivity (Wildman–Crippen MR) is 110 cm³/mol. The third-order valence-electron chi connectivity index (χ3n) is 10.1. The van der Waals surface area contributed by atoms with Gasteiger partial charge in [-0.05, 0) is 92.1 Å². The lowest BCUT2D eigenvalue weighted by atomic mass is 9.46. The van der Waals surface area contributed by atoms with E-state index >= 15 is 0 Å². The molecule has 8 atom stereocenters. The number of carbonyl (C=O) groups is 2. The average Bonchev–Trinajstić information content (AvgIpc) is 2.80. The van der Waals surface area contributed by atoms with Crippen LogP contribution in [0, 0.1) is 40.4 Å². The quantitative estimate of drug-likeness (QED) is 0.723. The van der Waals surface area contributed by atoms with Crippen molar-refractivity contribution in [3.8, 4) is 0 Å². The second-order valence-electron chi connectivity index (χ2n) is 10.8. The third-order valence-corrected chi connectivity index (χ3v) is 10.1. The lowest BCUT2D eigenvalue weighted by Gasteiger charge is -2.58. The number of ketones is 1. The van der Waals surface area contributed by atoms with Crippen molar-refractivity contribution >= 4 is 11.8 Å². The molecule has 0 spiro atoms. The van der Waals surface area contributed by atoms with E-state index in [1.54, 1.807) is 6.08 Å². The zero-order valence-corrected chi connectivity index (χ0v) is 17.9. The molecule has 29 heavy (non-hydrogen) atoms. The zero-order valence-electron chi connectivity index (χ0n) is 17.9. The van der Waals surface area contributed by atoms with Gasteiger partial charge >= 0.3 is 5.97 Å².